The number of nitrogens with one attached hydrogen (secondary N) is 1. The summed E-state index contributed by atoms with van der Waals surface area (Å²) in [7, 11) is 0. The minimum atomic E-state index is -1.80. The minimum Gasteiger partial charge on any atom is -0.459 e. The van der Waals surface area contributed by atoms with Gasteiger partial charge in [0.1, 0.15) is 25.9 Å². The molecule has 1 amide bonds. The van der Waals surface area contributed by atoms with Crippen molar-refractivity contribution in [2.45, 2.75) is 63.0 Å². The lowest BCUT2D eigenvalue weighted by molar-refractivity contribution is -0.308. The normalized spacial score (nSPS) is 18.3. The number of benzene rings is 6. The zero-order valence-corrected chi connectivity index (χ0v) is 36.7. The van der Waals surface area contributed by atoms with Gasteiger partial charge < -0.3 is 43.2 Å². The van der Waals surface area contributed by atoms with Crippen LogP contribution in [-0.2, 0) is 55.9 Å². The smallest absolute Gasteiger partial charge is 0.408 e. The predicted molar refractivity (Wildman–Crippen MR) is 243 cm³/mol. The van der Waals surface area contributed by atoms with Gasteiger partial charge in [0.05, 0.1) is 28.4 Å². The number of carbonyl (C=O) groups is 6. The van der Waals surface area contributed by atoms with E-state index in [2.05, 4.69) is 5.32 Å². The fourth-order valence-electron chi connectivity index (χ4n) is 7.01. The summed E-state index contributed by atoms with van der Waals surface area (Å²) in [5.74, 6) is -4.45. The van der Waals surface area contributed by atoms with E-state index in [1.807, 2.05) is 0 Å². The van der Waals surface area contributed by atoms with Crippen molar-refractivity contribution in [2.75, 3.05) is 6.61 Å². The van der Waals surface area contributed by atoms with Crippen molar-refractivity contribution in [1.82, 2.24) is 5.32 Å². The van der Waals surface area contributed by atoms with E-state index in [1.165, 1.54) is 55.5 Å². The third-order valence-electron chi connectivity index (χ3n) is 10.5. The molecule has 348 valence electrons. The van der Waals surface area contributed by atoms with Gasteiger partial charge in [-0.3, -0.25) is 0 Å². The maximum Gasteiger partial charge on any atom is 0.408 e. The van der Waals surface area contributed by atoms with Crippen molar-refractivity contribution in [3.63, 3.8) is 0 Å². The molecule has 1 aliphatic heterocycles. The Kier molecular flexibility index (Phi) is 16.8. The van der Waals surface area contributed by atoms with E-state index in [4.69, 9.17) is 37.9 Å². The van der Waals surface area contributed by atoms with Crippen molar-refractivity contribution < 1.29 is 66.7 Å². The third-order valence-corrected chi connectivity index (χ3v) is 10.5. The van der Waals surface area contributed by atoms with Crippen molar-refractivity contribution in [1.29, 1.82) is 0 Å². The van der Waals surface area contributed by atoms with Gasteiger partial charge in [-0.1, -0.05) is 133 Å². The summed E-state index contributed by atoms with van der Waals surface area (Å²) in [5, 5.41) is 2.53. The first-order valence-corrected chi connectivity index (χ1v) is 21.6. The number of amides is 1. The number of hydrogen-bond acceptors (Lipinski definition) is 14. The topological polar surface area (TPSA) is 188 Å². The molecular weight excluding hydrogens is 875 g/mol. The Labute approximate surface area is 391 Å². The highest BCUT2D eigenvalue weighted by Crippen LogP contribution is 2.33. The van der Waals surface area contributed by atoms with Gasteiger partial charge in [0, 0.05) is 0 Å². The molecule has 1 N–H and O–H groups in total. The zero-order valence-electron chi connectivity index (χ0n) is 36.7. The molecule has 1 fully saturated rings. The fourth-order valence-corrected chi connectivity index (χ4v) is 7.01. The van der Waals surface area contributed by atoms with Gasteiger partial charge in [-0.25, -0.2) is 28.8 Å². The van der Waals surface area contributed by atoms with Crippen LogP contribution in [0, 0.1) is 0 Å². The lowest BCUT2D eigenvalue weighted by Gasteiger charge is -2.45. The van der Waals surface area contributed by atoms with E-state index in [0.29, 0.717) is 11.1 Å². The molecule has 6 aromatic rings. The lowest BCUT2D eigenvalue weighted by Crippen LogP contribution is -2.64. The fraction of sp³-hybridized carbons (Fsp3) is 0.208. The number of hydrogen-bond donors (Lipinski definition) is 1. The van der Waals surface area contributed by atoms with E-state index in [1.54, 1.807) is 133 Å². The van der Waals surface area contributed by atoms with E-state index < -0.39 is 85.4 Å². The maximum absolute atomic E-state index is 14.1. The molecule has 7 atom stereocenters. The Morgan fingerprint density at radius 3 is 1.31 bits per heavy atom. The van der Waals surface area contributed by atoms with Crippen LogP contribution in [0.2, 0.25) is 0 Å². The molecule has 15 heteroatoms. The van der Waals surface area contributed by atoms with Gasteiger partial charge in [-0.15, -0.1) is 0 Å². The Morgan fingerprint density at radius 2 is 0.853 bits per heavy atom. The number of rotatable bonds is 18. The van der Waals surface area contributed by atoms with Crippen LogP contribution in [0.1, 0.15) is 59.5 Å². The largest absolute Gasteiger partial charge is 0.459 e. The molecule has 0 unspecified atom stereocenters. The van der Waals surface area contributed by atoms with E-state index in [0.717, 1.165) is 0 Å². The van der Waals surface area contributed by atoms with Crippen molar-refractivity contribution in [2.24, 2.45) is 0 Å². The second kappa shape index (κ2) is 23.9. The van der Waals surface area contributed by atoms with Gasteiger partial charge in [-0.05, 0) is 66.6 Å². The van der Waals surface area contributed by atoms with Crippen LogP contribution in [-0.4, -0.2) is 85.4 Å². The van der Waals surface area contributed by atoms with Crippen molar-refractivity contribution in [3.05, 3.63) is 215 Å². The first-order valence-electron chi connectivity index (χ1n) is 21.6. The van der Waals surface area contributed by atoms with Crippen LogP contribution < -0.4 is 5.32 Å². The maximum atomic E-state index is 14.1. The molecule has 1 saturated heterocycles. The third kappa shape index (κ3) is 13.2. The monoisotopic (exact) mass is 921 g/mol. The van der Waals surface area contributed by atoms with Crippen LogP contribution in [0.4, 0.5) is 4.79 Å². The first-order chi connectivity index (χ1) is 33.1. The van der Waals surface area contributed by atoms with Gasteiger partial charge in [0.25, 0.3) is 0 Å². The van der Waals surface area contributed by atoms with Gasteiger partial charge >= 0.3 is 35.9 Å². The summed E-state index contributed by atoms with van der Waals surface area (Å²) in [5.41, 5.74) is 1.77. The minimum absolute atomic E-state index is 0.0781. The SMILES string of the molecule is C[C@@H](O[C@@H]1O[C@H](COC(=O)c2ccccc2)[C@H](OC(=O)c2ccccc2)[C@H](OC(=O)c2ccccc2)[C@H]1OC(=O)c1ccccc1)[C@H](NC(=O)OCc1ccccc1)C(=O)OCc1ccccc1. The highest BCUT2D eigenvalue weighted by molar-refractivity contribution is 5.91. The van der Waals surface area contributed by atoms with Gasteiger partial charge in [-0.2, -0.15) is 0 Å². The van der Waals surface area contributed by atoms with Crippen molar-refractivity contribution in [3.8, 4) is 0 Å². The zero-order chi connectivity index (χ0) is 47.7. The van der Waals surface area contributed by atoms with E-state index in [9.17, 15) is 28.8 Å². The predicted octanol–water partition coefficient (Wildman–Crippen LogP) is 7.69. The van der Waals surface area contributed by atoms with Crippen LogP contribution in [0.3, 0.4) is 0 Å². The summed E-state index contributed by atoms with van der Waals surface area (Å²) in [6.45, 7) is 0.474. The summed E-state index contributed by atoms with van der Waals surface area (Å²) in [4.78, 5) is 82.9. The molecule has 1 aliphatic rings. The van der Waals surface area contributed by atoms with Crippen LogP contribution in [0.15, 0.2) is 182 Å². The molecular formula is C53H47NO14. The first kappa shape index (κ1) is 47.8. The van der Waals surface area contributed by atoms with Gasteiger partial charge in [0.15, 0.2) is 30.6 Å². The average Bonchev–Trinajstić information content (AvgIpc) is 3.39. The molecule has 1 heterocycles. The quantitative estimate of drug-likeness (QED) is 0.0653. The Balaban J connectivity index is 1.26. The number of ether oxygens (including phenoxy) is 8. The van der Waals surface area contributed by atoms with E-state index in [-0.39, 0.29) is 35.5 Å². The lowest BCUT2D eigenvalue weighted by atomic mass is 9.97. The van der Waals surface area contributed by atoms with Crippen LogP contribution >= 0.6 is 0 Å². The molecule has 15 nitrogen and oxygen atoms in total. The second-order valence-corrected chi connectivity index (χ2v) is 15.3. The molecule has 0 aliphatic carbocycles. The van der Waals surface area contributed by atoms with Gasteiger partial charge in [0.2, 0.25) is 0 Å². The molecule has 0 aromatic heterocycles. The second-order valence-electron chi connectivity index (χ2n) is 15.3. The summed E-state index contributed by atoms with van der Waals surface area (Å²) in [6, 6.07) is 47.8. The van der Waals surface area contributed by atoms with Crippen molar-refractivity contribution >= 4 is 35.9 Å². The molecule has 7 rings (SSSR count). The highest BCUT2D eigenvalue weighted by atomic mass is 16.7. The highest BCUT2D eigenvalue weighted by Gasteiger charge is 2.54. The molecule has 6 aromatic carbocycles. The van der Waals surface area contributed by atoms with E-state index >= 15 is 0 Å². The molecule has 0 bridgehead atoms. The Morgan fingerprint density at radius 1 is 0.471 bits per heavy atom. The number of esters is 5. The average molecular weight is 922 g/mol. The van der Waals surface area contributed by atoms with Crippen LogP contribution in [0.25, 0.3) is 0 Å². The summed E-state index contributed by atoms with van der Waals surface area (Å²) in [6.07, 6.45) is -10.9. The molecule has 0 spiro atoms. The Bertz CT molecular complexity index is 2590. The summed E-state index contributed by atoms with van der Waals surface area (Å²) >= 11 is 0. The number of alkyl carbamates (subject to hydrolysis) is 1. The Hall–Kier alpha value is -8.14. The molecule has 0 radical (unpaired) electrons. The number of carbonyl (C=O) groups excluding carboxylic acids is 6. The standard InChI is InChI=1S/C53H47NO14/c1-35(43(51(59)61-32-36-20-8-2-9-21-36)54-53(60)63-33-37-22-10-3-11-23-37)64-52-46(68-50(58)41-30-18-7-19-31-41)45(67-49(57)40-28-16-6-17-29-40)44(66-48(56)39-26-14-5-15-27-39)42(65-52)34-62-47(55)38-24-12-4-13-25-38/h2-31,35,42-46,52H,32-34H2,1H3,(H,54,60)/t35-,42-,43+,44+,45+,46-,52-/m1/s1. The van der Waals surface area contributed by atoms with Crippen LogP contribution in [0.5, 0.6) is 0 Å². The molecule has 68 heavy (non-hydrogen) atoms. The molecule has 0 saturated carbocycles. The summed E-state index contributed by atoms with van der Waals surface area (Å²) < 4.78 is 48.2.